The molecular weight excluding hydrogens is 252 g/mol. The van der Waals surface area contributed by atoms with E-state index >= 15 is 0 Å². The maximum absolute atomic E-state index is 12.1. The lowest BCUT2D eigenvalue weighted by molar-refractivity contribution is -0.118. The van der Waals surface area contributed by atoms with Gasteiger partial charge in [0, 0.05) is 9.64 Å². The molecule has 18 heavy (non-hydrogen) atoms. The van der Waals surface area contributed by atoms with E-state index in [-0.39, 0.29) is 5.91 Å². The first-order valence-corrected chi connectivity index (χ1v) is 6.30. The van der Waals surface area contributed by atoms with E-state index in [0.717, 1.165) is 10.6 Å². The van der Waals surface area contributed by atoms with E-state index in [1.54, 1.807) is 6.07 Å². The summed E-state index contributed by atoms with van der Waals surface area (Å²) in [7, 11) is 0. The third kappa shape index (κ3) is 2.43. The van der Waals surface area contributed by atoms with E-state index in [1.165, 1.54) is 11.8 Å². The average molecular weight is 266 g/mol. The second-order valence-corrected chi connectivity index (χ2v) is 6.27. The summed E-state index contributed by atoms with van der Waals surface area (Å²) in [6.07, 6.45) is -1.20. The van der Waals surface area contributed by atoms with Gasteiger partial charge in [-0.2, -0.15) is 0 Å². The molecule has 0 fully saturated rings. The van der Waals surface area contributed by atoms with Crippen LogP contribution in [0.1, 0.15) is 13.8 Å². The van der Waals surface area contributed by atoms with Gasteiger partial charge >= 0.3 is 6.09 Å². The van der Waals surface area contributed by atoms with E-state index in [0.29, 0.717) is 0 Å². The Labute approximate surface area is 109 Å². The number of anilines is 1. The summed E-state index contributed by atoms with van der Waals surface area (Å²) in [5.74, 6) is -0.333. The molecule has 1 atom stereocenters. The van der Waals surface area contributed by atoms with Crippen LogP contribution in [0.2, 0.25) is 0 Å². The molecule has 0 bridgehead atoms. The fourth-order valence-electron chi connectivity index (χ4n) is 1.88. The highest BCUT2D eigenvalue weighted by molar-refractivity contribution is 8.01. The van der Waals surface area contributed by atoms with Gasteiger partial charge in [-0.3, -0.25) is 4.79 Å². The Morgan fingerprint density at radius 2 is 2.11 bits per heavy atom. The number of carbonyl (C=O) groups is 2. The van der Waals surface area contributed by atoms with Crippen molar-refractivity contribution >= 4 is 29.4 Å². The van der Waals surface area contributed by atoms with Gasteiger partial charge in [-0.1, -0.05) is 12.1 Å². The van der Waals surface area contributed by atoms with E-state index in [9.17, 15) is 9.59 Å². The first-order valence-electron chi connectivity index (χ1n) is 5.48. The van der Waals surface area contributed by atoms with Gasteiger partial charge in [0.1, 0.15) is 6.04 Å². The number of para-hydroxylation sites is 1. The quantitative estimate of drug-likeness (QED) is 0.727. The molecule has 0 radical (unpaired) electrons. The summed E-state index contributed by atoms with van der Waals surface area (Å²) in [6.45, 7) is 3.69. The summed E-state index contributed by atoms with van der Waals surface area (Å²) in [4.78, 5) is 23.8. The van der Waals surface area contributed by atoms with Crippen LogP contribution in [-0.4, -0.2) is 27.9 Å². The Kier molecular flexibility index (Phi) is 3.21. The highest BCUT2D eigenvalue weighted by atomic mass is 32.2. The van der Waals surface area contributed by atoms with Crippen molar-refractivity contribution in [3.05, 3.63) is 24.3 Å². The van der Waals surface area contributed by atoms with Gasteiger partial charge in [0.15, 0.2) is 0 Å². The second-order valence-electron chi connectivity index (χ2n) is 4.57. The molecule has 5 nitrogen and oxygen atoms in total. The molecule has 1 aliphatic heterocycles. The van der Waals surface area contributed by atoms with Crippen LogP contribution < -0.4 is 10.6 Å². The number of fused-ring (bicyclic) bond motifs is 1. The lowest BCUT2D eigenvalue weighted by Crippen LogP contribution is -2.53. The van der Waals surface area contributed by atoms with Gasteiger partial charge in [0.05, 0.1) is 5.69 Å². The Balaban J connectivity index is 2.38. The Morgan fingerprint density at radius 3 is 2.78 bits per heavy atom. The van der Waals surface area contributed by atoms with E-state index in [2.05, 4.69) is 10.6 Å². The van der Waals surface area contributed by atoms with Gasteiger partial charge in [-0.25, -0.2) is 4.79 Å². The van der Waals surface area contributed by atoms with Crippen molar-refractivity contribution in [1.82, 2.24) is 5.32 Å². The number of hydrogen-bond acceptors (Lipinski definition) is 3. The molecule has 1 aromatic carbocycles. The maximum atomic E-state index is 12.1. The van der Waals surface area contributed by atoms with Crippen molar-refractivity contribution in [2.75, 3.05) is 5.32 Å². The summed E-state index contributed by atoms with van der Waals surface area (Å²) in [5.41, 5.74) is 0.718. The number of carboxylic acid groups (broad SMARTS) is 1. The van der Waals surface area contributed by atoms with Crippen LogP contribution >= 0.6 is 11.8 Å². The maximum Gasteiger partial charge on any atom is 0.405 e. The monoisotopic (exact) mass is 266 g/mol. The van der Waals surface area contributed by atoms with Crippen molar-refractivity contribution in [2.45, 2.75) is 29.5 Å². The smallest absolute Gasteiger partial charge is 0.405 e. The van der Waals surface area contributed by atoms with Crippen LogP contribution in [-0.2, 0) is 4.79 Å². The predicted octanol–water partition coefficient (Wildman–Crippen LogP) is 2.15. The zero-order chi connectivity index (χ0) is 13.3. The van der Waals surface area contributed by atoms with Crippen LogP contribution in [0.3, 0.4) is 0 Å². The molecule has 2 rings (SSSR count). The molecule has 96 valence electrons. The highest BCUT2D eigenvalue weighted by Crippen LogP contribution is 2.41. The molecule has 1 aromatic rings. The highest BCUT2D eigenvalue weighted by Gasteiger charge is 2.40. The largest absolute Gasteiger partial charge is 0.465 e. The predicted molar refractivity (Wildman–Crippen MR) is 70.0 cm³/mol. The number of rotatable bonds is 1. The summed E-state index contributed by atoms with van der Waals surface area (Å²) < 4.78 is -0.560. The van der Waals surface area contributed by atoms with Crippen molar-refractivity contribution in [3.63, 3.8) is 0 Å². The number of benzene rings is 1. The summed E-state index contributed by atoms with van der Waals surface area (Å²) in [6, 6.07) is 6.63. The minimum atomic E-state index is -1.20. The molecule has 2 amide bonds. The van der Waals surface area contributed by atoms with Gasteiger partial charge in [-0.05, 0) is 26.0 Å². The molecule has 1 aliphatic rings. The lowest BCUT2D eigenvalue weighted by atomic mass is 10.0. The molecule has 1 heterocycles. The molecule has 0 saturated heterocycles. The first-order chi connectivity index (χ1) is 8.40. The Bertz CT molecular complexity index is 502. The Morgan fingerprint density at radius 1 is 1.44 bits per heavy atom. The van der Waals surface area contributed by atoms with Crippen molar-refractivity contribution in [1.29, 1.82) is 0 Å². The number of thioether (sulfide) groups is 1. The molecule has 0 aliphatic carbocycles. The summed E-state index contributed by atoms with van der Waals surface area (Å²) >= 11 is 1.48. The van der Waals surface area contributed by atoms with E-state index < -0.39 is 16.9 Å². The third-order valence-electron chi connectivity index (χ3n) is 2.74. The SMILES string of the molecule is CC1(C)Sc2ccccc2NC(=O)C1NC(=O)O. The Hall–Kier alpha value is -1.69. The number of carbonyl (C=O) groups excluding carboxylic acids is 1. The van der Waals surface area contributed by atoms with Gasteiger partial charge in [-0.15, -0.1) is 11.8 Å². The minimum absolute atomic E-state index is 0.333. The average Bonchev–Trinajstić information content (AvgIpc) is 2.35. The molecular formula is C12H14N2O3S. The van der Waals surface area contributed by atoms with Crippen LogP contribution in [0, 0.1) is 0 Å². The first kappa shape index (κ1) is 12.8. The molecule has 3 N–H and O–H groups in total. The van der Waals surface area contributed by atoms with Gasteiger partial charge < -0.3 is 15.7 Å². The van der Waals surface area contributed by atoms with Crippen LogP contribution in [0.15, 0.2) is 29.2 Å². The van der Waals surface area contributed by atoms with Crippen molar-refractivity contribution in [2.24, 2.45) is 0 Å². The fourth-order valence-corrected chi connectivity index (χ4v) is 3.11. The van der Waals surface area contributed by atoms with Crippen LogP contribution in [0.25, 0.3) is 0 Å². The van der Waals surface area contributed by atoms with Crippen molar-refractivity contribution < 1.29 is 14.7 Å². The van der Waals surface area contributed by atoms with Crippen LogP contribution in [0.4, 0.5) is 10.5 Å². The molecule has 0 saturated carbocycles. The van der Waals surface area contributed by atoms with Crippen molar-refractivity contribution in [3.8, 4) is 0 Å². The zero-order valence-electron chi connectivity index (χ0n) is 10.1. The van der Waals surface area contributed by atoms with Crippen LogP contribution in [0.5, 0.6) is 0 Å². The second kappa shape index (κ2) is 4.53. The topological polar surface area (TPSA) is 78.4 Å². The number of nitrogens with one attached hydrogen (secondary N) is 2. The molecule has 6 heteroatoms. The van der Waals surface area contributed by atoms with Gasteiger partial charge in [0.2, 0.25) is 5.91 Å². The standard InChI is InChI=1S/C12H14N2O3S/c1-12(2)9(14-11(16)17)10(15)13-7-5-3-4-6-8(7)18-12/h3-6,9,14H,1-2H3,(H,13,15)(H,16,17). The van der Waals surface area contributed by atoms with Gasteiger partial charge in [0.25, 0.3) is 0 Å². The third-order valence-corrected chi connectivity index (χ3v) is 4.08. The minimum Gasteiger partial charge on any atom is -0.465 e. The fraction of sp³-hybridized carbons (Fsp3) is 0.333. The molecule has 1 unspecified atom stereocenters. The van der Waals surface area contributed by atoms with E-state index in [1.807, 2.05) is 32.0 Å². The molecule has 0 aromatic heterocycles. The zero-order valence-corrected chi connectivity index (χ0v) is 10.9. The summed E-state index contributed by atoms with van der Waals surface area (Å²) in [5, 5.41) is 13.9. The van der Waals surface area contributed by atoms with E-state index in [4.69, 9.17) is 5.11 Å². The lowest BCUT2D eigenvalue weighted by Gasteiger charge is -2.29. The normalized spacial score (nSPS) is 21.4. The number of hydrogen-bond donors (Lipinski definition) is 3. The molecule has 0 spiro atoms. The number of amides is 2.